The third-order valence-electron chi connectivity index (χ3n) is 13.8. The van der Waals surface area contributed by atoms with E-state index >= 15 is 0 Å². The number of fused-ring (bicyclic) bond motifs is 1. The van der Waals surface area contributed by atoms with Crippen LogP contribution in [0, 0.1) is 41.4 Å². The lowest BCUT2D eigenvalue weighted by Crippen LogP contribution is -2.51. The van der Waals surface area contributed by atoms with Crippen molar-refractivity contribution >= 4 is 0 Å². The zero-order valence-corrected chi connectivity index (χ0v) is 34.5. The summed E-state index contributed by atoms with van der Waals surface area (Å²) in [5, 5.41) is 20.3. The first-order chi connectivity index (χ1) is 25.5. The van der Waals surface area contributed by atoms with Crippen LogP contribution in [0.3, 0.4) is 0 Å². The molecule has 0 spiro atoms. The van der Waals surface area contributed by atoms with Crippen molar-refractivity contribution in [2.45, 2.75) is 225 Å². The number of rotatable bonds is 35. The van der Waals surface area contributed by atoms with Gasteiger partial charge in [-0.1, -0.05) is 136 Å². The average molecular weight is 735 g/mol. The zero-order valence-electron chi connectivity index (χ0n) is 34.5. The van der Waals surface area contributed by atoms with E-state index in [-0.39, 0.29) is 12.2 Å². The Labute approximate surface area is 321 Å². The minimum Gasteiger partial charge on any atom is -0.371 e. The first-order valence-corrected chi connectivity index (χ1v) is 23.3. The summed E-state index contributed by atoms with van der Waals surface area (Å²) < 4.78 is 21.5. The van der Waals surface area contributed by atoms with Gasteiger partial charge in [-0.3, -0.25) is 0 Å². The summed E-state index contributed by atoms with van der Waals surface area (Å²) in [6.07, 6.45) is 36.3. The highest BCUT2D eigenvalue weighted by atomic mass is 16.6. The van der Waals surface area contributed by atoms with E-state index < -0.39 is 12.6 Å². The van der Waals surface area contributed by atoms with Crippen molar-refractivity contribution in [3.63, 3.8) is 0 Å². The molecule has 52 heavy (non-hydrogen) atoms. The molecule has 0 amide bonds. The van der Waals surface area contributed by atoms with Gasteiger partial charge in [0.1, 0.15) is 12.2 Å². The minimum absolute atomic E-state index is 0.223. The lowest BCUT2D eigenvalue weighted by molar-refractivity contribution is -0.108. The Bertz CT molecular complexity index is 862. The van der Waals surface area contributed by atoms with E-state index in [1.807, 2.05) is 0 Å². The van der Waals surface area contributed by atoms with Crippen LogP contribution in [0.5, 0.6) is 0 Å². The van der Waals surface area contributed by atoms with E-state index in [2.05, 4.69) is 20.8 Å². The van der Waals surface area contributed by atoms with Gasteiger partial charge in [-0.05, 0) is 106 Å². The Morgan fingerprint density at radius 1 is 0.481 bits per heavy atom. The first kappa shape index (κ1) is 44.5. The number of unbranched alkanes of at least 4 members (excludes halogenated alkanes) is 13. The summed E-state index contributed by atoms with van der Waals surface area (Å²) >= 11 is 0. The summed E-state index contributed by atoms with van der Waals surface area (Å²) in [7, 11) is 0. The summed E-state index contributed by atoms with van der Waals surface area (Å²) in [5.41, 5.74) is 0. The second kappa shape index (κ2) is 26.6. The Kier molecular flexibility index (Phi) is 22.7. The molecule has 6 nitrogen and oxygen atoms in total. The highest BCUT2D eigenvalue weighted by Crippen LogP contribution is 2.60. The Morgan fingerprint density at radius 3 is 1.31 bits per heavy atom. The number of epoxide rings is 2. The highest BCUT2D eigenvalue weighted by molar-refractivity contribution is 5.01. The third-order valence-corrected chi connectivity index (χ3v) is 13.8. The molecular weight excluding hydrogens is 649 g/mol. The molecule has 4 fully saturated rings. The molecule has 2 N–H and O–H groups in total. The topological polar surface area (TPSA) is 84.0 Å². The average Bonchev–Trinajstić information content (AvgIpc) is 4.06. The molecule has 2 aliphatic carbocycles. The molecule has 2 saturated heterocycles. The van der Waals surface area contributed by atoms with Gasteiger partial charge in [-0.15, -0.1) is 0 Å². The molecule has 4 rings (SSSR count). The smallest absolute Gasteiger partial charge is 0.154 e. The maximum atomic E-state index is 10.2. The van der Waals surface area contributed by atoms with Gasteiger partial charge < -0.3 is 29.2 Å². The van der Waals surface area contributed by atoms with Gasteiger partial charge in [0.2, 0.25) is 0 Å². The van der Waals surface area contributed by atoms with Crippen molar-refractivity contribution in [1.82, 2.24) is 0 Å². The van der Waals surface area contributed by atoms with Gasteiger partial charge in [0.15, 0.2) is 12.6 Å². The van der Waals surface area contributed by atoms with Gasteiger partial charge in [0.25, 0.3) is 0 Å². The molecule has 11 atom stereocenters. The van der Waals surface area contributed by atoms with Crippen LogP contribution in [-0.2, 0) is 18.9 Å². The van der Waals surface area contributed by atoms with E-state index in [9.17, 15) is 10.2 Å². The van der Waals surface area contributed by atoms with Crippen LogP contribution in [0.2, 0.25) is 0 Å². The van der Waals surface area contributed by atoms with Gasteiger partial charge in [-0.2, -0.15) is 0 Å². The molecule has 0 aromatic rings. The second-order valence-electron chi connectivity index (χ2n) is 18.1. The van der Waals surface area contributed by atoms with Crippen LogP contribution < -0.4 is 0 Å². The summed E-state index contributed by atoms with van der Waals surface area (Å²) in [5.74, 6) is 6.69. The van der Waals surface area contributed by atoms with Crippen molar-refractivity contribution in [2.75, 3.05) is 26.4 Å². The molecule has 2 aliphatic heterocycles. The van der Waals surface area contributed by atoms with Crippen molar-refractivity contribution in [3.05, 3.63) is 0 Å². The first-order valence-electron chi connectivity index (χ1n) is 23.3. The largest absolute Gasteiger partial charge is 0.371 e. The lowest BCUT2D eigenvalue weighted by Gasteiger charge is -2.58. The molecule has 0 radical (unpaired) electrons. The maximum absolute atomic E-state index is 10.2. The Hall–Kier alpha value is -0.240. The molecule has 0 aromatic heterocycles. The highest BCUT2D eigenvalue weighted by Gasteiger charge is 2.52. The normalized spacial score (nSPS) is 29.7. The summed E-state index contributed by atoms with van der Waals surface area (Å²) in [6, 6.07) is 0. The zero-order chi connectivity index (χ0) is 36.8. The van der Waals surface area contributed by atoms with Crippen LogP contribution in [0.1, 0.15) is 201 Å². The fourth-order valence-corrected chi connectivity index (χ4v) is 10.4. The van der Waals surface area contributed by atoms with Crippen LogP contribution in [-0.4, -0.2) is 61.4 Å². The predicted octanol–water partition coefficient (Wildman–Crippen LogP) is 11.8. The maximum Gasteiger partial charge on any atom is 0.154 e. The molecule has 2 saturated carbocycles. The summed E-state index contributed by atoms with van der Waals surface area (Å²) in [4.78, 5) is 0. The number of hydrogen-bond donors (Lipinski definition) is 2. The fraction of sp³-hybridized carbons (Fsp3) is 1.00. The monoisotopic (exact) mass is 735 g/mol. The number of aliphatic hydroxyl groups is 2. The summed E-state index contributed by atoms with van der Waals surface area (Å²) in [6.45, 7) is 9.88. The quantitative estimate of drug-likeness (QED) is 0.0383. The second-order valence-corrected chi connectivity index (χ2v) is 18.1. The number of aliphatic hydroxyl groups excluding tert-OH is 2. The van der Waals surface area contributed by atoms with Crippen molar-refractivity contribution in [2.24, 2.45) is 41.4 Å². The van der Waals surface area contributed by atoms with E-state index in [1.165, 1.54) is 154 Å². The Balaban J connectivity index is 1.28. The number of hydrogen-bond acceptors (Lipinski definition) is 6. The van der Waals surface area contributed by atoms with E-state index in [1.54, 1.807) is 0 Å². The van der Waals surface area contributed by atoms with Crippen molar-refractivity contribution < 1.29 is 29.2 Å². The van der Waals surface area contributed by atoms with Gasteiger partial charge in [0, 0.05) is 0 Å². The predicted molar refractivity (Wildman–Crippen MR) is 214 cm³/mol. The molecule has 11 unspecified atom stereocenters. The fourth-order valence-electron chi connectivity index (χ4n) is 10.4. The number of ether oxygens (including phenoxy) is 4. The molecule has 4 aliphatic rings. The van der Waals surface area contributed by atoms with E-state index in [0.29, 0.717) is 13.2 Å². The van der Waals surface area contributed by atoms with Crippen LogP contribution >= 0.6 is 0 Å². The van der Waals surface area contributed by atoms with Crippen molar-refractivity contribution in [3.8, 4) is 0 Å². The SMILES string of the molecule is CCCCCCC1C(CCCC(C)CCCCC)C(CCCCCCCC(O)OCC2CO2)C(CCCCCCCC(O)OCC2CO2)C2CCC12. The van der Waals surface area contributed by atoms with Crippen LogP contribution in [0.15, 0.2) is 0 Å². The lowest BCUT2D eigenvalue weighted by atomic mass is 9.47. The van der Waals surface area contributed by atoms with Crippen LogP contribution in [0.4, 0.5) is 0 Å². The Morgan fingerprint density at radius 2 is 0.846 bits per heavy atom. The molecular formula is C46H86O6. The molecule has 6 heteroatoms. The van der Waals surface area contributed by atoms with Gasteiger partial charge >= 0.3 is 0 Å². The molecule has 306 valence electrons. The molecule has 0 aromatic carbocycles. The molecule has 0 bridgehead atoms. The van der Waals surface area contributed by atoms with Crippen LogP contribution in [0.25, 0.3) is 0 Å². The van der Waals surface area contributed by atoms with E-state index in [0.717, 1.165) is 80.3 Å². The minimum atomic E-state index is -0.625. The van der Waals surface area contributed by atoms with E-state index in [4.69, 9.17) is 18.9 Å². The third kappa shape index (κ3) is 17.7. The van der Waals surface area contributed by atoms with Crippen molar-refractivity contribution in [1.29, 1.82) is 0 Å². The van der Waals surface area contributed by atoms with Gasteiger partial charge in [-0.25, -0.2) is 0 Å². The standard InChI is InChI=1S/C46H86O6/c1-4-6-8-16-24-41-42(27-21-23-36(3)22-15-7-5-2)39(25-17-11-9-13-19-28-45(47)51-34-37-32-49-37)40(43-30-31-44(41)43)26-18-12-10-14-20-29-46(48)52-35-38-33-50-38/h36-48H,4-35H2,1-3H3. The molecule has 2 heterocycles. The van der Waals surface area contributed by atoms with Gasteiger partial charge in [0.05, 0.1) is 26.4 Å².